The van der Waals surface area contributed by atoms with Crippen molar-refractivity contribution >= 4 is 5.91 Å². The molecule has 1 amide bonds. The predicted octanol–water partition coefficient (Wildman–Crippen LogP) is 4.38. The maximum atomic E-state index is 12.6. The van der Waals surface area contributed by atoms with E-state index in [-0.39, 0.29) is 24.0 Å². The number of aryl methyl sites for hydroxylation is 1. The molecular formula is C19H26N2O3. The number of carbonyl (C=O) groups excluding carboxylic acids is 1. The van der Waals surface area contributed by atoms with Crippen LogP contribution in [-0.4, -0.2) is 17.2 Å². The maximum absolute atomic E-state index is 12.6. The van der Waals surface area contributed by atoms with Crippen molar-refractivity contribution in [2.24, 2.45) is 0 Å². The number of nitrogens with zero attached hydrogens (tertiary/aromatic N) is 1. The molecule has 1 heterocycles. The SMILES string of the molecule is Cc1noc(C(C)C)c1C(=O)NC(C)c1ccc(OC(C)C)cc1. The number of ether oxygens (including phenoxy) is 1. The van der Waals surface area contributed by atoms with Gasteiger partial charge in [0.05, 0.1) is 17.8 Å². The van der Waals surface area contributed by atoms with E-state index in [4.69, 9.17) is 9.26 Å². The normalized spacial score (nSPS) is 12.5. The summed E-state index contributed by atoms with van der Waals surface area (Å²) in [4.78, 5) is 12.6. The largest absolute Gasteiger partial charge is 0.491 e. The highest BCUT2D eigenvalue weighted by atomic mass is 16.5. The van der Waals surface area contributed by atoms with Gasteiger partial charge in [0.25, 0.3) is 5.91 Å². The first kappa shape index (κ1) is 18.0. The molecule has 130 valence electrons. The van der Waals surface area contributed by atoms with Gasteiger partial charge in [0.1, 0.15) is 11.3 Å². The number of benzene rings is 1. The molecule has 0 radical (unpaired) electrons. The lowest BCUT2D eigenvalue weighted by Gasteiger charge is -2.16. The maximum Gasteiger partial charge on any atom is 0.257 e. The van der Waals surface area contributed by atoms with Gasteiger partial charge in [0.15, 0.2) is 5.76 Å². The molecule has 5 heteroatoms. The van der Waals surface area contributed by atoms with Gasteiger partial charge in [-0.25, -0.2) is 0 Å². The molecule has 2 aromatic rings. The number of hydrogen-bond donors (Lipinski definition) is 1. The molecule has 0 fully saturated rings. The van der Waals surface area contributed by atoms with Crippen LogP contribution in [0.5, 0.6) is 5.75 Å². The van der Waals surface area contributed by atoms with E-state index in [9.17, 15) is 4.79 Å². The van der Waals surface area contributed by atoms with Crippen molar-refractivity contribution in [1.29, 1.82) is 0 Å². The van der Waals surface area contributed by atoms with Crippen LogP contribution in [0.1, 0.15) is 74.0 Å². The molecule has 1 N–H and O–H groups in total. The van der Waals surface area contributed by atoms with Crippen molar-refractivity contribution in [3.63, 3.8) is 0 Å². The van der Waals surface area contributed by atoms with Crippen LogP contribution in [0.2, 0.25) is 0 Å². The Labute approximate surface area is 143 Å². The smallest absolute Gasteiger partial charge is 0.257 e. The van der Waals surface area contributed by atoms with E-state index in [1.807, 2.05) is 58.9 Å². The third kappa shape index (κ3) is 4.16. The van der Waals surface area contributed by atoms with Crippen molar-refractivity contribution in [3.8, 4) is 5.75 Å². The van der Waals surface area contributed by atoms with Crippen LogP contribution >= 0.6 is 0 Å². The van der Waals surface area contributed by atoms with E-state index < -0.39 is 0 Å². The molecule has 0 saturated heterocycles. The number of nitrogens with one attached hydrogen (secondary N) is 1. The molecular weight excluding hydrogens is 304 g/mol. The summed E-state index contributed by atoms with van der Waals surface area (Å²) in [6.45, 7) is 11.7. The second kappa shape index (κ2) is 7.51. The number of hydrogen-bond acceptors (Lipinski definition) is 4. The third-order valence-corrected chi connectivity index (χ3v) is 3.74. The monoisotopic (exact) mass is 330 g/mol. The van der Waals surface area contributed by atoms with Gasteiger partial charge in [-0.05, 0) is 45.4 Å². The summed E-state index contributed by atoms with van der Waals surface area (Å²) >= 11 is 0. The van der Waals surface area contributed by atoms with Gasteiger partial charge in [0.2, 0.25) is 0 Å². The topological polar surface area (TPSA) is 64.4 Å². The molecule has 1 unspecified atom stereocenters. The molecule has 24 heavy (non-hydrogen) atoms. The van der Waals surface area contributed by atoms with Gasteiger partial charge < -0.3 is 14.6 Å². The van der Waals surface area contributed by atoms with E-state index >= 15 is 0 Å². The van der Waals surface area contributed by atoms with Crippen molar-refractivity contribution in [1.82, 2.24) is 10.5 Å². The molecule has 1 atom stereocenters. The van der Waals surface area contributed by atoms with E-state index in [0.29, 0.717) is 17.0 Å². The average Bonchev–Trinajstić information content (AvgIpc) is 2.89. The van der Waals surface area contributed by atoms with Crippen LogP contribution in [0.4, 0.5) is 0 Å². The standard InChI is InChI=1S/C19H26N2O3/c1-11(2)18-17(14(6)21-24-18)19(22)20-13(5)15-7-9-16(10-8-15)23-12(3)4/h7-13H,1-6H3,(H,20,22). The molecule has 0 spiro atoms. The Bertz CT molecular complexity index is 687. The Balaban J connectivity index is 2.10. The minimum atomic E-state index is -0.160. The Morgan fingerprint density at radius 2 is 1.75 bits per heavy atom. The van der Waals surface area contributed by atoms with E-state index in [1.165, 1.54) is 0 Å². The molecule has 2 rings (SSSR count). The van der Waals surface area contributed by atoms with E-state index in [0.717, 1.165) is 11.3 Å². The number of aromatic nitrogens is 1. The van der Waals surface area contributed by atoms with Gasteiger partial charge in [-0.1, -0.05) is 31.1 Å². The van der Waals surface area contributed by atoms with Crippen molar-refractivity contribution in [2.45, 2.75) is 59.6 Å². The zero-order valence-corrected chi connectivity index (χ0v) is 15.2. The quantitative estimate of drug-likeness (QED) is 0.853. The number of carbonyl (C=O) groups is 1. The fraction of sp³-hybridized carbons (Fsp3) is 0.474. The highest BCUT2D eigenvalue weighted by Gasteiger charge is 2.23. The molecule has 0 aliphatic heterocycles. The molecule has 1 aromatic carbocycles. The molecule has 0 bridgehead atoms. The van der Waals surface area contributed by atoms with Gasteiger partial charge in [-0.3, -0.25) is 4.79 Å². The average molecular weight is 330 g/mol. The summed E-state index contributed by atoms with van der Waals surface area (Å²) in [5.41, 5.74) is 2.17. The summed E-state index contributed by atoms with van der Waals surface area (Å²) in [5.74, 6) is 1.39. The van der Waals surface area contributed by atoms with Crippen molar-refractivity contribution < 1.29 is 14.1 Å². The third-order valence-electron chi connectivity index (χ3n) is 3.74. The first-order chi connectivity index (χ1) is 11.3. The van der Waals surface area contributed by atoms with Crippen LogP contribution in [0.15, 0.2) is 28.8 Å². The Morgan fingerprint density at radius 3 is 2.29 bits per heavy atom. The highest BCUT2D eigenvalue weighted by molar-refractivity contribution is 5.96. The predicted molar refractivity (Wildman–Crippen MR) is 93.4 cm³/mol. The minimum absolute atomic E-state index is 0.106. The van der Waals surface area contributed by atoms with Gasteiger partial charge in [0, 0.05) is 5.92 Å². The van der Waals surface area contributed by atoms with Crippen LogP contribution in [0.3, 0.4) is 0 Å². The van der Waals surface area contributed by atoms with Gasteiger partial charge >= 0.3 is 0 Å². The molecule has 1 aromatic heterocycles. The Morgan fingerprint density at radius 1 is 1.12 bits per heavy atom. The molecule has 0 saturated carbocycles. The zero-order chi connectivity index (χ0) is 17.9. The first-order valence-electron chi connectivity index (χ1n) is 8.33. The minimum Gasteiger partial charge on any atom is -0.491 e. The van der Waals surface area contributed by atoms with Crippen molar-refractivity contribution in [3.05, 3.63) is 46.8 Å². The van der Waals surface area contributed by atoms with Gasteiger partial charge in [-0.2, -0.15) is 0 Å². The number of amides is 1. The fourth-order valence-corrected chi connectivity index (χ4v) is 2.52. The molecule has 0 aliphatic rings. The van der Waals surface area contributed by atoms with Gasteiger partial charge in [-0.15, -0.1) is 0 Å². The van der Waals surface area contributed by atoms with Crippen LogP contribution in [0, 0.1) is 6.92 Å². The highest BCUT2D eigenvalue weighted by Crippen LogP contribution is 2.24. The summed E-state index contributed by atoms with van der Waals surface area (Å²) in [5, 5.41) is 6.94. The summed E-state index contributed by atoms with van der Waals surface area (Å²) < 4.78 is 10.9. The van der Waals surface area contributed by atoms with Crippen LogP contribution < -0.4 is 10.1 Å². The van der Waals surface area contributed by atoms with Crippen LogP contribution in [-0.2, 0) is 0 Å². The van der Waals surface area contributed by atoms with Crippen LogP contribution in [0.25, 0.3) is 0 Å². The second-order valence-corrected chi connectivity index (χ2v) is 6.59. The lowest BCUT2D eigenvalue weighted by molar-refractivity contribution is 0.0937. The summed E-state index contributed by atoms with van der Waals surface area (Å²) in [6.07, 6.45) is 0.138. The molecule has 0 aliphatic carbocycles. The lowest BCUT2D eigenvalue weighted by atomic mass is 10.0. The lowest BCUT2D eigenvalue weighted by Crippen LogP contribution is -2.27. The van der Waals surface area contributed by atoms with E-state index in [1.54, 1.807) is 6.92 Å². The van der Waals surface area contributed by atoms with Crippen molar-refractivity contribution in [2.75, 3.05) is 0 Å². The number of rotatable bonds is 6. The summed E-state index contributed by atoms with van der Waals surface area (Å²) in [6, 6.07) is 7.64. The molecule has 5 nitrogen and oxygen atoms in total. The Kier molecular flexibility index (Phi) is 5.65. The fourth-order valence-electron chi connectivity index (χ4n) is 2.52. The second-order valence-electron chi connectivity index (χ2n) is 6.59. The Hall–Kier alpha value is -2.30. The first-order valence-corrected chi connectivity index (χ1v) is 8.33. The zero-order valence-electron chi connectivity index (χ0n) is 15.2. The van der Waals surface area contributed by atoms with E-state index in [2.05, 4.69) is 10.5 Å². The summed E-state index contributed by atoms with van der Waals surface area (Å²) in [7, 11) is 0.